The molecule has 1 heterocycles. The van der Waals surface area contributed by atoms with Gasteiger partial charge in [-0.3, -0.25) is 10.1 Å². The van der Waals surface area contributed by atoms with Gasteiger partial charge in [-0.15, -0.1) is 0 Å². The SMILES string of the molecule is CC(=O)Nc1nc(Cl)nc(CO)n1. The van der Waals surface area contributed by atoms with Crippen LogP contribution in [0.25, 0.3) is 0 Å². The van der Waals surface area contributed by atoms with Crippen molar-refractivity contribution in [2.24, 2.45) is 0 Å². The van der Waals surface area contributed by atoms with E-state index in [2.05, 4.69) is 20.3 Å². The second-order valence-electron chi connectivity index (χ2n) is 2.18. The van der Waals surface area contributed by atoms with Crippen molar-refractivity contribution in [3.63, 3.8) is 0 Å². The second-order valence-corrected chi connectivity index (χ2v) is 2.52. The van der Waals surface area contributed by atoms with E-state index >= 15 is 0 Å². The highest BCUT2D eigenvalue weighted by molar-refractivity contribution is 6.28. The van der Waals surface area contributed by atoms with E-state index in [0.29, 0.717) is 0 Å². The molecule has 0 aliphatic carbocycles. The van der Waals surface area contributed by atoms with Crippen LogP contribution in [0.1, 0.15) is 12.7 Å². The highest BCUT2D eigenvalue weighted by Crippen LogP contribution is 2.05. The smallest absolute Gasteiger partial charge is 0.234 e. The largest absolute Gasteiger partial charge is 0.388 e. The predicted molar refractivity (Wildman–Crippen MR) is 45.1 cm³/mol. The molecule has 0 aromatic carbocycles. The number of anilines is 1. The highest BCUT2D eigenvalue weighted by Gasteiger charge is 2.04. The van der Waals surface area contributed by atoms with Gasteiger partial charge in [-0.1, -0.05) is 0 Å². The third kappa shape index (κ3) is 2.92. The summed E-state index contributed by atoms with van der Waals surface area (Å²) in [7, 11) is 0. The van der Waals surface area contributed by atoms with Gasteiger partial charge in [-0.05, 0) is 11.6 Å². The first-order valence-corrected chi connectivity index (χ1v) is 3.78. The topological polar surface area (TPSA) is 88.0 Å². The van der Waals surface area contributed by atoms with Gasteiger partial charge in [0.05, 0.1) is 0 Å². The highest BCUT2D eigenvalue weighted by atomic mass is 35.5. The van der Waals surface area contributed by atoms with Crippen LogP contribution in [-0.4, -0.2) is 26.0 Å². The molecule has 0 saturated carbocycles. The molecule has 0 atom stereocenters. The van der Waals surface area contributed by atoms with E-state index in [1.807, 2.05) is 0 Å². The molecule has 7 heteroatoms. The van der Waals surface area contributed by atoms with Crippen LogP contribution in [-0.2, 0) is 11.4 Å². The summed E-state index contributed by atoms with van der Waals surface area (Å²) in [5, 5.41) is 11.0. The van der Waals surface area contributed by atoms with Crippen LogP contribution in [0.3, 0.4) is 0 Å². The zero-order chi connectivity index (χ0) is 9.84. The van der Waals surface area contributed by atoms with Gasteiger partial charge in [0.25, 0.3) is 0 Å². The monoisotopic (exact) mass is 202 g/mol. The Balaban J connectivity index is 2.94. The molecular formula is C6H7ClN4O2. The average Bonchev–Trinajstić information content (AvgIpc) is 2.01. The van der Waals surface area contributed by atoms with Crippen LogP contribution >= 0.6 is 11.6 Å². The molecule has 6 nitrogen and oxygen atoms in total. The van der Waals surface area contributed by atoms with Gasteiger partial charge < -0.3 is 5.11 Å². The zero-order valence-corrected chi connectivity index (χ0v) is 7.54. The summed E-state index contributed by atoms with van der Waals surface area (Å²) in [6.45, 7) is 0.963. The molecular weight excluding hydrogens is 196 g/mol. The molecule has 1 rings (SSSR count). The number of nitrogens with zero attached hydrogens (tertiary/aromatic N) is 3. The minimum absolute atomic E-state index is 0.0385. The van der Waals surface area contributed by atoms with Crippen molar-refractivity contribution in [3.05, 3.63) is 11.1 Å². The Morgan fingerprint density at radius 2 is 2.23 bits per heavy atom. The fourth-order valence-electron chi connectivity index (χ4n) is 0.675. The van der Waals surface area contributed by atoms with Gasteiger partial charge in [0, 0.05) is 6.92 Å². The Labute approximate surface area is 79.0 Å². The van der Waals surface area contributed by atoms with Crippen molar-refractivity contribution < 1.29 is 9.90 Å². The number of halogens is 1. The first-order valence-electron chi connectivity index (χ1n) is 3.40. The van der Waals surface area contributed by atoms with E-state index in [4.69, 9.17) is 16.7 Å². The number of nitrogens with one attached hydrogen (secondary N) is 1. The van der Waals surface area contributed by atoms with Crippen molar-refractivity contribution in [3.8, 4) is 0 Å². The number of carbonyl (C=O) groups is 1. The Kier molecular flexibility index (Phi) is 3.10. The maximum Gasteiger partial charge on any atom is 0.234 e. The Hall–Kier alpha value is -1.27. The predicted octanol–water partition coefficient (Wildman–Crippen LogP) is -0.0243. The molecule has 0 aliphatic rings. The number of hydrogen-bond donors (Lipinski definition) is 2. The van der Waals surface area contributed by atoms with E-state index < -0.39 is 0 Å². The molecule has 0 fully saturated rings. The quantitative estimate of drug-likeness (QED) is 0.704. The standard InChI is InChI=1S/C6H7ClN4O2/c1-3(13)8-6-10-4(2-12)9-5(7)11-6/h12H,2H2,1H3,(H,8,9,10,11,13). The first kappa shape index (κ1) is 9.82. The maximum atomic E-state index is 10.6. The molecule has 13 heavy (non-hydrogen) atoms. The van der Waals surface area contributed by atoms with Crippen molar-refractivity contribution in [2.75, 3.05) is 5.32 Å². The Morgan fingerprint density at radius 1 is 1.54 bits per heavy atom. The number of amides is 1. The van der Waals surface area contributed by atoms with Gasteiger partial charge in [-0.2, -0.15) is 9.97 Å². The lowest BCUT2D eigenvalue weighted by Gasteiger charge is -2.01. The number of aliphatic hydroxyl groups excluding tert-OH is 1. The van der Waals surface area contributed by atoms with Gasteiger partial charge in [0.1, 0.15) is 6.61 Å². The third-order valence-electron chi connectivity index (χ3n) is 1.08. The van der Waals surface area contributed by atoms with E-state index in [-0.39, 0.29) is 29.6 Å². The summed E-state index contributed by atoms with van der Waals surface area (Å²) in [4.78, 5) is 21.5. The van der Waals surface area contributed by atoms with Gasteiger partial charge >= 0.3 is 0 Å². The van der Waals surface area contributed by atoms with Crippen molar-refractivity contribution >= 4 is 23.5 Å². The number of rotatable bonds is 2. The fraction of sp³-hybridized carbons (Fsp3) is 0.333. The van der Waals surface area contributed by atoms with E-state index in [1.54, 1.807) is 0 Å². The molecule has 0 saturated heterocycles. The minimum atomic E-state index is -0.352. The number of hydrogen-bond acceptors (Lipinski definition) is 5. The Morgan fingerprint density at radius 3 is 2.77 bits per heavy atom. The van der Waals surface area contributed by atoms with Crippen LogP contribution < -0.4 is 5.32 Å². The van der Waals surface area contributed by atoms with Crippen LogP contribution in [0.4, 0.5) is 5.95 Å². The van der Waals surface area contributed by atoms with Gasteiger partial charge in [0.15, 0.2) is 5.82 Å². The third-order valence-corrected chi connectivity index (χ3v) is 1.25. The van der Waals surface area contributed by atoms with Crippen molar-refractivity contribution in [1.82, 2.24) is 15.0 Å². The number of aliphatic hydroxyl groups is 1. The van der Waals surface area contributed by atoms with Gasteiger partial charge in [0.2, 0.25) is 17.1 Å². The Bertz CT molecular complexity index is 330. The van der Waals surface area contributed by atoms with Crippen molar-refractivity contribution in [1.29, 1.82) is 0 Å². The molecule has 0 bridgehead atoms. The lowest BCUT2D eigenvalue weighted by molar-refractivity contribution is -0.114. The minimum Gasteiger partial charge on any atom is -0.388 e. The fourth-order valence-corrected chi connectivity index (χ4v) is 0.853. The molecule has 0 aliphatic heterocycles. The molecule has 1 aromatic rings. The lowest BCUT2D eigenvalue weighted by Crippen LogP contribution is -2.11. The van der Waals surface area contributed by atoms with Crippen LogP contribution in [0.2, 0.25) is 5.28 Å². The van der Waals surface area contributed by atoms with Crippen LogP contribution in [0.5, 0.6) is 0 Å². The van der Waals surface area contributed by atoms with E-state index in [1.165, 1.54) is 6.92 Å². The lowest BCUT2D eigenvalue weighted by atomic mass is 10.6. The summed E-state index contributed by atoms with van der Waals surface area (Å²) < 4.78 is 0. The van der Waals surface area contributed by atoms with Gasteiger partial charge in [-0.25, -0.2) is 4.98 Å². The second kappa shape index (κ2) is 4.11. The van der Waals surface area contributed by atoms with E-state index in [0.717, 1.165) is 0 Å². The molecule has 1 amide bonds. The maximum absolute atomic E-state index is 10.6. The molecule has 0 spiro atoms. The average molecular weight is 203 g/mol. The van der Waals surface area contributed by atoms with Crippen LogP contribution in [0, 0.1) is 0 Å². The van der Waals surface area contributed by atoms with Crippen molar-refractivity contribution in [2.45, 2.75) is 13.5 Å². The summed E-state index contributed by atoms with van der Waals surface area (Å²) in [6, 6.07) is 0. The molecule has 2 N–H and O–H groups in total. The first-order chi connectivity index (χ1) is 6.11. The molecule has 1 aromatic heterocycles. The number of carbonyl (C=O) groups excluding carboxylic acids is 1. The normalized spacial score (nSPS) is 9.77. The summed E-state index contributed by atoms with van der Waals surface area (Å²) >= 11 is 5.49. The summed E-state index contributed by atoms with van der Waals surface area (Å²) in [6.07, 6.45) is 0. The zero-order valence-electron chi connectivity index (χ0n) is 6.78. The van der Waals surface area contributed by atoms with E-state index in [9.17, 15) is 4.79 Å². The molecule has 70 valence electrons. The molecule has 0 unspecified atom stereocenters. The summed E-state index contributed by atoms with van der Waals surface area (Å²) in [5.41, 5.74) is 0. The number of aromatic nitrogens is 3. The summed E-state index contributed by atoms with van der Waals surface area (Å²) in [5.74, 6) is -0.161. The van der Waals surface area contributed by atoms with Crippen LogP contribution in [0.15, 0.2) is 0 Å². The molecule has 0 radical (unpaired) electrons.